The molecule has 0 atom stereocenters. The van der Waals surface area contributed by atoms with Crippen molar-refractivity contribution < 1.29 is 4.79 Å². The van der Waals surface area contributed by atoms with Gasteiger partial charge in [0.25, 0.3) is 0 Å². The van der Waals surface area contributed by atoms with Crippen molar-refractivity contribution >= 4 is 17.4 Å². The first-order chi connectivity index (χ1) is 8.54. The number of rotatable bonds is 2. The lowest BCUT2D eigenvalue weighted by Gasteiger charge is -2.31. The van der Waals surface area contributed by atoms with E-state index in [1.165, 1.54) is 0 Å². The number of amides is 1. The number of hydrogen-bond acceptors (Lipinski definition) is 3. The van der Waals surface area contributed by atoms with Crippen LogP contribution in [0.25, 0.3) is 0 Å². The summed E-state index contributed by atoms with van der Waals surface area (Å²) in [5.74, 6) is 1.15. The standard InChI is InChI=1S/C13H22N4O/c1-5-17-13-12(10(4)15-17)14-11(18)7-6-8-16(13)9(2)3/h9H,5-8H2,1-4H3,(H,14,18). The molecule has 1 N–H and O–H groups in total. The molecule has 100 valence electrons. The zero-order valence-corrected chi connectivity index (χ0v) is 11.7. The lowest BCUT2D eigenvalue weighted by Crippen LogP contribution is -2.36. The SMILES string of the molecule is CCn1nc(C)c2c1N(C(C)C)CCCC(=O)N2. The summed E-state index contributed by atoms with van der Waals surface area (Å²) in [5.41, 5.74) is 1.78. The summed E-state index contributed by atoms with van der Waals surface area (Å²) in [6.07, 6.45) is 1.47. The van der Waals surface area contributed by atoms with Crippen molar-refractivity contribution in [1.82, 2.24) is 9.78 Å². The molecule has 0 spiro atoms. The van der Waals surface area contributed by atoms with E-state index >= 15 is 0 Å². The van der Waals surface area contributed by atoms with Crippen LogP contribution in [0.3, 0.4) is 0 Å². The molecule has 2 rings (SSSR count). The molecule has 0 aromatic carbocycles. The average Bonchev–Trinajstić information content (AvgIpc) is 2.58. The second-order valence-electron chi connectivity index (χ2n) is 5.04. The van der Waals surface area contributed by atoms with Crippen LogP contribution in [0.15, 0.2) is 0 Å². The number of hydrogen-bond donors (Lipinski definition) is 1. The van der Waals surface area contributed by atoms with E-state index in [-0.39, 0.29) is 5.91 Å². The molecule has 0 bridgehead atoms. The molecular weight excluding hydrogens is 228 g/mol. The summed E-state index contributed by atoms with van der Waals surface area (Å²) in [5, 5.41) is 7.53. The minimum absolute atomic E-state index is 0.0957. The molecule has 5 nitrogen and oxygen atoms in total. The van der Waals surface area contributed by atoms with E-state index in [0.717, 1.165) is 36.7 Å². The number of carbonyl (C=O) groups is 1. The third-order valence-corrected chi connectivity index (χ3v) is 3.36. The Balaban J connectivity index is 2.52. The van der Waals surface area contributed by atoms with Gasteiger partial charge in [-0.3, -0.25) is 4.79 Å². The van der Waals surface area contributed by atoms with Gasteiger partial charge in [0.05, 0.1) is 5.69 Å². The maximum Gasteiger partial charge on any atom is 0.224 e. The molecule has 1 aromatic rings. The molecule has 1 aliphatic heterocycles. The molecule has 5 heteroatoms. The van der Waals surface area contributed by atoms with Gasteiger partial charge in [0.2, 0.25) is 5.91 Å². The summed E-state index contributed by atoms with van der Waals surface area (Å²) < 4.78 is 1.98. The van der Waals surface area contributed by atoms with Gasteiger partial charge in [0.15, 0.2) is 5.82 Å². The van der Waals surface area contributed by atoms with Crippen LogP contribution < -0.4 is 10.2 Å². The Hall–Kier alpha value is -1.52. The predicted molar refractivity (Wildman–Crippen MR) is 73.0 cm³/mol. The van der Waals surface area contributed by atoms with Crippen molar-refractivity contribution in [3.05, 3.63) is 5.69 Å². The fraction of sp³-hybridized carbons (Fsp3) is 0.692. The molecule has 2 heterocycles. The molecule has 0 fully saturated rings. The van der Waals surface area contributed by atoms with Crippen molar-refractivity contribution in [2.24, 2.45) is 0 Å². The lowest BCUT2D eigenvalue weighted by molar-refractivity contribution is -0.116. The maximum atomic E-state index is 11.8. The highest BCUT2D eigenvalue weighted by Crippen LogP contribution is 2.32. The fourth-order valence-corrected chi connectivity index (χ4v) is 2.45. The van der Waals surface area contributed by atoms with Gasteiger partial charge in [0.1, 0.15) is 5.69 Å². The summed E-state index contributed by atoms with van der Waals surface area (Å²) in [6, 6.07) is 0.403. The van der Waals surface area contributed by atoms with Crippen molar-refractivity contribution in [2.45, 2.75) is 53.1 Å². The highest BCUT2D eigenvalue weighted by molar-refractivity contribution is 5.95. The molecule has 0 saturated heterocycles. The largest absolute Gasteiger partial charge is 0.353 e. The Bertz CT molecular complexity index is 450. The maximum absolute atomic E-state index is 11.8. The van der Waals surface area contributed by atoms with E-state index in [9.17, 15) is 4.79 Å². The van der Waals surface area contributed by atoms with Gasteiger partial charge in [-0.25, -0.2) is 4.68 Å². The first-order valence-corrected chi connectivity index (χ1v) is 6.68. The quantitative estimate of drug-likeness (QED) is 0.875. The van der Waals surface area contributed by atoms with Gasteiger partial charge in [0, 0.05) is 25.6 Å². The number of nitrogens with one attached hydrogen (secondary N) is 1. The Labute approximate surface area is 108 Å². The number of nitrogens with zero attached hydrogens (tertiary/aromatic N) is 3. The molecule has 0 aliphatic carbocycles. The van der Waals surface area contributed by atoms with Crippen LogP contribution in [0.2, 0.25) is 0 Å². The highest BCUT2D eigenvalue weighted by Gasteiger charge is 2.25. The fourth-order valence-electron chi connectivity index (χ4n) is 2.45. The van der Waals surface area contributed by atoms with Crippen LogP contribution in [-0.4, -0.2) is 28.3 Å². The zero-order valence-electron chi connectivity index (χ0n) is 11.7. The van der Waals surface area contributed by atoms with E-state index in [4.69, 9.17) is 0 Å². The third-order valence-electron chi connectivity index (χ3n) is 3.36. The minimum atomic E-state index is 0.0957. The minimum Gasteiger partial charge on any atom is -0.353 e. The number of carbonyl (C=O) groups excluding carboxylic acids is 1. The predicted octanol–water partition coefficient (Wildman–Crippen LogP) is 2.16. The van der Waals surface area contributed by atoms with E-state index in [1.54, 1.807) is 0 Å². The lowest BCUT2D eigenvalue weighted by atomic mass is 10.2. The van der Waals surface area contributed by atoms with Gasteiger partial charge >= 0.3 is 0 Å². The van der Waals surface area contributed by atoms with Crippen molar-refractivity contribution in [3.8, 4) is 0 Å². The average molecular weight is 250 g/mol. The second-order valence-corrected chi connectivity index (χ2v) is 5.04. The van der Waals surface area contributed by atoms with E-state index in [0.29, 0.717) is 12.5 Å². The van der Waals surface area contributed by atoms with Crippen LogP contribution in [0.4, 0.5) is 11.5 Å². The van der Waals surface area contributed by atoms with Crippen LogP contribution in [0, 0.1) is 6.92 Å². The molecule has 0 saturated carbocycles. The topological polar surface area (TPSA) is 50.2 Å². The third kappa shape index (κ3) is 2.21. The Morgan fingerprint density at radius 3 is 2.78 bits per heavy atom. The molecule has 0 unspecified atom stereocenters. The summed E-state index contributed by atoms with van der Waals surface area (Å²) in [6.45, 7) is 10.1. The van der Waals surface area contributed by atoms with Gasteiger partial charge in [-0.1, -0.05) is 0 Å². The smallest absolute Gasteiger partial charge is 0.224 e. The molecule has 18 heavy (non-hydrogen) atoms. The summed E-state index contributed by atoms with van der Waals surface area (Å²) in [4.78, 5) is 14.1. The first kappa shape index (κ1) is 12.9. The number of aryl methyl sites for hydroxylation is 2. The van der Waals surface area contributed by atoms with E-state index < -0.39 is 0 Å². The highest BCUT2D eigenvalue weighted by atomic mass is 16.1. The first-order valence-electron chi connectivity index (χ1n) is 6.68. The normalized spacial score (nSPS) is 16.3. The van der Waals surface area contributed by atoms with Crippen LogP contribution >= 0.6 is 0 Å². The molecule has 1 aromatic heterocycles. The monoisotopic (exact) mass is 250 g/mol. The van der Waals surface area contributed by atoms with Crippen molar-refractivity contribution in [1.29, 1.82) is 0 Å². The number of fused-ring (bicyclic) bond motifs is 1. The van der Waals surface area contributed by atoms with E-state index in [2.05, 4.69) is 36.1 Å². The van der Waals surface area contributed by atoms with Crippen molar-refractivity contribution in [3.63, 3.8) is 0 Å². The Morgan fingerprint density at radius 1 is 1.44 bits per heavy atom. The van der Waals surface area contributed by atoms with Gasteiger partial charge < -0.3 is 10.2 Å². The number of aromatic nitrogens is 2. The molecular formula is C13H22N4O. The second kappa shape index (κ2) is 5.00. The van der Waals surface area contributed by atoms with Gasteiger partial charge in [-0.05, 0) is 34.1 Å². The molecule has 0 radical (unpaired) electrons. The van der Waals surface area contributed by atoms with Crippen LogP contribution in [0.1, 0.15) is 39.3 Å². The van der Waals surface area contributed by atoms with Crippen molar-refractivity contribution in [2.75, 3.05) is 16.8 Å². The van der Waals surface area contributed by atoms with Gasteiger partial charge in [-0.15, -0.1) is 0 Å². The van der Waals surface area contributed by atoms with E-state index in [1.807, 2.05) is 11.6 Å². The van der Waals surface area contributed by atoms with Crippen LogP contribution in [0.5, 0.6) is 0 Å². The summed E-state index contributed by atoms with van der Waals surface area (Å²) in [7, 11) is 0. The van der Waals surface area contributed by atoms with Gasteiger partial charge in [-0.2, -0.15) is 5.10 Å². The molecule has 1 amide bonds. The Morgan fingerprint density at radius 2 is 2.17 bits per heavy atom. The Kier molecular flexibility index (Phi) is 3.59. The van der Waals surface area contributed by atoms with Crippen LogP contribution in [-0.2, 0) is 11.3 Å². The summed E-state index contributed by atoms with van der Waals surface area (Å²) >= 11 is 0. The molecule has 1 aliphatic rings. The zero-order chi connectivity index (χ0) is 13.3. The number of anilines is 2.